The second-order valence-corrected chi connectivity index (χ2v) is 9.20. The van der Waals surface area contributed by atoms with E-state index in [1.54, 1.807) is 12.1 Å². The van der Waals surface area contributed by atoms with Crippen molar-refractivity contribution >= 4 is 34.4 Å². The third-order valence-corrected chi connectivity index (χ3v) is 6.68. The molecule has 3 aromatic rings. The van der Waals surface area contributed by atoms with E-state index >= 15 is 0 Å². The average molecular weight is 445 g/mol. The Bertz CT molecular complexity index is 1230. The van der Waals surface area contributed by atoms with Crippen LogP contribution in [-0.2, 0) is 16.0 Å². The highest BCUT2D eigenvalue weighted by molar-refractivity contribution is 6.22. The summed E-state index contributed by atoms with van der Waals surface area (Å²) in [6, 6.07) is 14.1. The van der Waals surface area contributed by atoms with Gasteiger partial charge in [0.15, 0.2) is 0 Å². The van der Waals surface area contributed by atoms with Crippen molar-refractivity contribution in [1.29, 1.82) is 0 Å². The maximum Gasteiger partial charge on any atom is 0.329 e. The maximum atomic E-state index is 12.9. The molecule has 7 nitrogen and oxygen atoms in total. The lowest BCUT2D eigenvalue weighted by molar-refractivity contribution is -0.126. The predicted molar refractivity (Wildman–Crippen MR) is 127 cm³/mol. The number of aromatic nitrogens is 1. The van der Waals surface area contributed by atoms with Crippen molar-refractivity contribution in [3.8, 4) is 0 Å². The molecular formula is C26H28N4O3. The van der Waals surface area contributed by atoms with Crippen LogP contribution in [0.3, 0.4) is 0 Å². The van der Waals surface area contributed by atoms with Crippen molar-refractivity contribution in [1.82, 2.24) is 15.6 Å². The van der Waals surface area contributed by atoms with Crippen molar-refractivity contribution in [2.75, 3.05) is 4.90 Å². The van der Waals surface area contributed by atoms with Crippen LogP contribution in [-0.4, -0.2) is 28.9 Å². The van der Waals surface area contributed by atoms with E-state index < -0.39 is 18.0 Å². The Balaban J connectivity index is 1.27. The van der Waals surface area contributed by atoms with Crippen LogP contribution in [0.4, 0.5) is 10.5 Å². The number of hydrogen-bond donors (Lipinski definition) is 3. The monoisotopic (exact) mass is 444 g/mol. The number of imide groups is 1. The van der Waals surface area contributed by atoms with Gasteiger partial charge >= 0.3 is 6.03 Å². The highest BCUT2D eigenvalue weighted by atomic mass is 16.2. The molecule has 1 saturated heterocycles. The Kier molecular flexibility index (Phi) is 5.40. The van der Waals surface area contributed by atoms with E-state index in [4.69, 9.17) is 0 Å². The summed E-state index contributed by atoms with van der Waals surface area (Å²) in [6.07, 6.45) is 2.72. The molecule has 2 atom stereocenters. The highest BCUT2D eigenvalue weighted by Gasteiger charge is 2.40. The van der Waals surface area contributed by atoms with Crippen molar-refractivity contribution in [3.63, 3.8) is 0 Å². The van der Waals surface area contributed by atoms with Gasteiger partial charge in [0, 0.05) is 16.6 Å². The first kappa shape index (κ1) is 21.2. The number of para-hydroxylation sites is 1. The number of nitrogens with zero attached hydrogens (tertiary/aromatic N) is 1. The van der Waals surface area contributed by atoms with Crippen LogP contribution in [0.25, 0.3) is 10.9 Å². The molecule has 0 saturated carbocycles. The van der Waals surface area contributed by atoms with Gasteiger partial charge in [-0.1, -0.05) is 44.2 Å². The fourth-order valence-electron chi connectivity index (χ4n) is 4.92. The standard InChI is InChI=1S/C26H28N4O3/c1-15(2)16-10-12-17(13-11-16)30-25(32)22(29-26(30)33)14-23(31)27-21-9-5-7-19-18-6-3-4-8-20(18)28-24(19)21/h3-4,6,8,10-13,15,21-22,28H,5,7,9,14H2,1-2H3,(H,27,31)(H,29,33)/t21-,22+/m0/s1. The number of urea groups is 1. The molecule has 7 heteroatoms. The molecule has 0 spiro atoms. The number of aromatic amines is 1. The minimum Gasteiger partial charge on any atom is -0.356 e. The molecule has 33 heavy (non-hydrogen) atoms. The van der Waals surface area contributed by atoms with Crippen molar-refractivity contribution in [3.05, 3.63) is 65.4 Å². The number of hydrogen-bond acceptors (Lipinski definition) is 3. The first-order chi connectivity index (χ1) is 15.9. The molecule has 2 heterocycles. The fourth-order valence-corrected chi connectivity index (χ4v) is 4.92. The Labute approximate surface area is 192 Å². The molecule has 1 aromatic heterocycles. The van der Waals surface area contributed by atoms with Crippen LogP contribution in [0.2, 0.25) is 0 Å². The van der Waals surface area contributed by atoms with Crippen molar-refractivity contribution < 1.29 is 14.4 Å². The summed E-state index contributed by atoms with van der Waals surface area (Å²) < 4.78 is 0. The maximum absolute atomic E-state index is 12.9. The van der Waals surface area contributed by atoms with Crippen molar-refractivity contribution in [2.24, 2.45) is 0 Å². The van der Waals surface area contributed by atoms with Gasteiger partial charge in [0.2, 0.25) is 5.91 Å². The molecule has 5 rings (SSSR count). The number of nitrogens with one attached hydrogen (secondary N) is 3. The minimum absolute atomic E-state index is 0.0861. The lowest BCUT2D eigenvalue weighted by atomic mass is 9.91. The Morgan fingerprint density at radius 2 is 1.88 bits per heavy atom. The molecule has 3 N–H and O–H groups in total. The number of benzene rings is 2. The van der Waals surface area contributed by atoms with Gasteiger partial charge in [-0.25, -0.2) is 9.69 Å². The molecule has 1 fully saturated rings. The van der Waals surface area contributed by atoms with E-state index in [1.807, 2.05) is 30.3 Å². The molecule has 2 aliphatic rings. The van der Waals surface area contributed by atoms with Crippen LogP contribution < -0.4 is 15.5 Å². The van der Waals surface area contributed by atoms with Crippen LogP contribution >= 0.6 is 0 Å². The Hall–Kier alpha value is -3.61. The summed E-state index contributed by atoms with van der Waals surface area (Å²) >= 11 is 0. The first-order valence-electron chi connectivity index (χ1n) is 11.6. The normalized spacial score (nSPS) is 20.3. The van der Waals surface area contributed by atoms with Gasteiger partial charge in [0.05, 0.1) is 18.2 Å². The van der Waals surface area contributed by atoms with E-state index in [0.29, 0.717) is 11.6 Å². The topological polar surface area (TPSA) is 94.3 Å². The van der Waals surface area contributed by atoms with Gasteiger partial charge in [-0.15, -0.1) is 0 Å². The smallest absolute Gasteiger partial charge is 0.329 e. The molecular weight excluding hydrogens is 416 g/mol. The molecule has 4 amide bonds. The van der Waals surface area contributed by atoms with E-state index in [9.17, 15) is 14.4 Å². The Morgan fingerprint density at radius 3 is 2.64 bits per heavy atom. The second-order valence-electron chi connectivity index (χ2n) is 9.20. The van der Waals surface area contributed by atoms with E-state index in [-0.39, 0.29) is 18.4 Å². The third kappa shape index (κ3) is 3.88. The number of aryl methyl sites for hydroxylation is 1. The lowest BCUT2D eigenvalue weighted by Gasteiger charge is -2.24. The molecule has 0 unspecified atom stereocenters. The summed E-state index contributed by atoms with van der Waals surface area (Å²) in [6.45, 7) is 4.17. The van der Waals surface area contributed by atoms with Crippen LogP contribution in [0.1, 0.15) is 61.9 Å². The summed E-state index contributed by atoms with van der Waals surface area (Å²) in [5.74, 6) is -0.291. The van der Waals surface area contributed by atoms with E-state index in [1.165, 1.54) is 10.9 Å². The lowest BCUT2D eigenvalue weighted by Crippen LogP contribution is -2.38. The summed E-state index contributed by atoms with van der Waals surface area (Å²) in [4.78, 5) is 42.9. The molecule has 0 bridgehead atoms. The number of H-pyrrole nitrogens is 1. The number of carbonyl (C=O) groups excluding carboxylic acids is 3. The third-order valence-electron chi connectivity index (χ3n) is 6.68. The average Bonchev–Trinajstić information content (AvgIpc) is 3.31. The zero-order valence-electron chi connectivity index (χ0n) is 18.9. The number of amides is 4. The summed E-state index contributed by atoms with van der Waals surface area (Å²) in [5.41, 5.74) is 5.01. The van der Waals surface area contributed by atoms with Gasteiger partial charge in [-0.3, -0.25) is 9.59 Å². The minimum atomic E-state index is -0.868. The second kappa shape index (κ2) is 8.39. The van der Waals surface area contributed by atoms with Crippen LogP contribution in [0.15, 0.2) is 48.5 Å². The number of fused-ring (bicyclic) bond motifs is 3. The Morgan fingerprint density at radius 1 is 1.12 bits per heavy atom. The summed E-state index contributed by atoms with van der Waals surface area (Å²) in [5, 5.41) is 6.95. The SMILES string of the molecule is CC(C)c1ccc(N2C(=O)N[C@H](CC(=O)N[C@H]3CCCc4c3[nH]c3ccccc43)C2=O)cc1. The zero-order chi connectivity index (χ0) is 23.1. The fraction of sp³-hybridized carbons (Fsp3) is 0.346. The molecule has 170 valence electrons. The molecule has 0 radical (unpaired) electrons. The van der Waals surface area contributed by atoms with Gasteiger partial charge in [-0.2, -0.15) is 0 Å². The van der Waals surface area contributed by atoms with Gasteiger partial charge in [0.25, 0.3) is 5.91 Å². The highest BCUT2D eigenvalue weighted by Crippen LogP contribution is 2.34. The van der Waals surface area contributed by atoms with Gasteiger partial charge in [0.1, 0.15) is 6.04 Å². The first-order valence-corrected chi connectivity index (χ1v) is 11.6. The van der Waals surface area contributed by atoms with E-state index in [0.717, 1.165) is 40.9 Å². The predicted octanol–water partition coefficient (Wildman–Crippen LogP) is 4.30. The quantitative estimate of drug-likeness (QED) is 0.512. The van der Waals surface area contributed by atoms with Crippen LogP contribution in [0, 0.1) is 0 Å². The van der Waals surface area contributed by atoms with Gasteiger partial charge < -0.3 is 15.6 Å². The zero-order valence-corrected chi connectivity index (χ0v) is 18.9. The number of carbonyl (C=O) groups is 3. The van der Waals surface area contributed by atoms with Gasteiger partial charge in [-0.05, 0) is 54.5 Å². The molecule has 1 aliphatic carbocycles. The van der Waals surface area contributed by atoms with E-state index in [2.05, 4.69) is 35.5 Å². The van der Waals surface area contributed by atoms with Crippen molar-refractivity contribution in [2.45, 2.75) is 57.5 Å². The van der Waals surface area contributed by atoms with Crippen LogP contribution in [0.5, 0.6) is 0 Å². The number of anilines is 1. The molecule has 2 aromatic carbocycles. The molecule has 1 aliphatic heterocycles. The largest absolute Gasteiger partial charge is 0.356 e. The summed E-state index contributed by atoms with van der Waals surface area (Å²) in [7, 11) is 0. The number of rotatable bonds is 5.